The number of fused-ring (bicyclic) bond motifs is 1. The van der Waals surface area contributed by atoms with Crippen LogP contribution in [0.4, 0.5) is 0 Å². The number of nitrogens with zero attached hydrogens (tertiary/aromatic N) is 3. The van der Waals surface area contributed by atoms with Gasteiger partial charge in [0.1, 0.15) is 0 Å². The standard InChI is InChI=1S/C30H28N4OS/c1-2-22-8-10-23(11-9-22)18-32-29(35)26-14-12-25(13-15-26)21-36-30-33-27-16-17-31-19-28(27)34(30)20-24-6-4-3-5-7-24/h3-17,19H,2,18,20-21H2,1H3,(H,32,35). The molecule has 6 heteroatoms. The van der Waals surface area contributed by atoms with Crippen molar-refractivity contribution in [2.75, 3.05) is 0 Å². The van der Waals surface area contributed by atoms with E-state index in [2.05, 4.69) is 70.3 Å². The number of carbonyl (C=O) groups excluding carboxylic acids is 1. The SMILES string of the molecule is CCc1ccc(CNC(=O)c2ccc(CSc3nc4ccncc4n3Cc3ccccc3)cc2)cc1. The predicted octanol–water partition coefficient (Wildman–Crippen LogP) is 6.26. The summed E-state index contributed by atoms with van der Waals surface area (Å²) in [6, 6.07) is 28.5. The van der Waals surface area contributed by atoms with E-state index < -0.39 is 0 Å². The Morgan fingerprint density at radius 1 is 0.861 bits per heavy atom. The highest BCUT2D eigenvalue weighted by molar-refractivity contribution is 7.98. The van der Waals surface area contributed by atoms with Crippen LogP contribution < -0.4 is 5.32 Å². The third-order valence-corrected chi connectivity index (χ3v) is 7.21. The van der Waals surface area contributed by atoms with Crippen molar-refractivity contribution >= 4 is 28.7 Å². The number of aryl methyl sites for hydroxylation is 1. The van der Waals surface area contributed by atoms with Gasteiger partial charge in [-0.05, 0) is 46.9 Å². The highest BCUT2D eigenvalue weighted by Crippen LogP contribution is 2.27. The maximum Gasteiger partial charge on any atom is 0.251 e. The van der Waals surface area contributed by atoms with Gasteiger partial charge in [-0.25, -0.2) is 4.98 Å². The number of carbonyl (C=O) groups is 1. The summed E-state index contributed by atoms with van der Waals surface area (Å²) in [6.07, 6.45) is 4.67. The fourth-order valence-corrected chi connectivity index (χ4v) is 5.02. The van der Waals surface area contributed by atoms with Gasteiger partial charge in [0.15, 0.2) is 5.16 Å². The molecule has 0 fully saturated rings. The lowest BCUT2D eigenvalue weighted by Gasteiger charge is -2.10. The first-order valence-corrected chi connectivity index (χ1v) is 13.1. The molecule has 0 aliphatic heterocycles. The summed E-state index contributed by atoms with van der Waals surface area (Å²) in [5.74, 6) is 0.697. The summed E-state index contributed by atoms with van der Waals surface area (Å²) in [5.41, 5.74) is 7.40. The number of rotatable bonds is 9. The highest BCUT2D eigenvalue weighted by Gasteiger charge is 2.13. The van der Waals surface area contributed by atoms with E-state index in [1.807, 2.05) is 42.6 Å². The zero-order valence-electron chi connectivity index (χ0n) is 20.2. The Morgan fingerprint density at radius 3 is 2.33 bits per heavy atom. The molecular formula is C30H28N4OS. The maximum atomic E-state index is 12.6. The third kappa shape index (κ3) is 5.66. The van der Waals surface area contributed by atoms with Crippen molar-refractivity contribution in [2.24, 2.45) is 0 Å². The molecule has 0 radical (unpaired) electrons. The van der Waals surface area contributed by atoms with Gasteiger partial charge in [0.25, 0.3) is 5.91 Å². The largest absolute Gasteiger partial charge is 0.348 e. The summed E-state index contributed by atoms with van der Waals surface area (Å²) in [7, 11) is 0. The number of hydrogen-bond donors (Lipinski definition) is 1. The van der Waals surface area contributed by atoms with Gasteiger partial charge in [0.05, 0.1) is 23.8 Å². The number of aromatic nitrogens is 3. The van der Waals surface area contributed by atoms with Crippen LogP contribution in [0.5, 0.6) is 0 Å². The van der Waals surface area contributed by atoms with Gasteiger partial charge in [0.2, 0.25) is 0 Å². The number of hydrogen-bond acceptors (Lipinski definition) is 4. The molecular weight excluding hydrogens is 464 g/mol. The molecule has 1 N–H and O–H groups in total. The Labute approximate surface area is 215 Å². The fourth-order valence-electron chi connectivity index (χ4n) is 4.05. The summed E-state index contributed by atoms with van der Waals surface area (Å²) in [4.78, 5) is 21.8. The van der Waals surface area contributed by atoms with Gasteiger partial charge < -0.3 is 9.88 Å². The molecule has 0 aliphatic carbocycles. The molecule has 36 heavy (non-hydrogen) atoms. The average Bonchev–Trinajstić information content (AvgIpc) is 3.28. The fraction of sp³-hybridized carbons (Fsp3) is 0.167. The minimum absolute atomic E-state index is 0.0640. The predicted molar refractivity (Wildman–Crippen MR) is 146 cm³/mol. The normalized spacial score (nSPS) is 11.0. The van der Waals surface area contributed by atoms with Crippen molar-refractivity contribution in [1.29, 1.82) is 0 Å². The van der Waals surface area contributed by atoms with Crippen LogP contribution in [0.2, 0.25) is 0 Å². The third-order valence-electron chi connectivity index (χ3n) is 6.17. The van der Waals surface area contributed by atoms with Crippen LogP contribution in [0.25, 0.3) is 11.0 Å². The first-order valence-electron chi connectivity index (χ1n) is 12.1. The van der Waals surface area contributed by atoms with E-state index in [9.17, 15) is 4.79 Å². The lowest BCUT2D eigenvalue weighted by Crippen LogP contribution is -2.22. The van der Waals surface area contributed by atoms with Crippen LogP contribution in [-0.2, 0) is 25.3 Å². The van der Waals surface area contributed by atoms with Gasteiger partial charge >= 0.3 is 0 Å². The molecule has 5 rings (SSSR count). The van der Waals surface area contributed by atoms with Crippen LogP contribution in [-0.4, -0.2) is 20.4 Å². The minimum Gasteiger partial charge on any atom is -0.348 e. The first kappa shape index (κ1) is 23.8. The zero-order valence-corrected chi connectivity index (χ0v) is 21.0. The molecule has 0 atom stereocenters. The highest BCUT2D eigenvalue weighted by atomic mass is 32.2. The van der Waals surface area contributed by atoms with Crippen LogP contribution in [0.1, 0.15) is 39.5 Å². The summed E-state index contributed by atoms with van der Waals surface area (Å²) < 4.78 is 2.22. The van der Waals surface area contributed by atoms with Crippen molar-refractivity contribution in [3.63, 3.8) is 0 Å². The van der Waals surface area contributed by atoms with E-state index in [-0.39, 0.29) is 5.91 Å². The van der Waals surface area contributed by atoms with Crippen LogP contribution >= 0.6 is 11.8 Å². The molecule has 180 valence electrons. The molecule has 0 unspecified atom stereocenters. The Bertz CT molecular complexity index is 1440. The molecule has 0 aliphatic rings. The van der Waals surface area contributed by atoms with Gasteiger partial charge in [-0.2, -0.15) is 0 Å². The van der Waals surface area contributed by atoms with Gasteiger partial charge in [-0.15, -0.1) is 0 Å². The van der Waals surface area contributed by atoms with Crippen molar-refractivity contribution < 1.29 is 4.79 Å². The first-order chi connectivity index (χ1) is 17.7. The molecule has 2 aromatic heterocycles. The number of amides is 1. The van der Waals surface area contributed by atoms with E-state index in [1.165, 1.54) is 11.1 Å². The van der Waals surface area contributed by atoms with Crippen molar-refractivity contribution in [1.82, 2.24) is 19.9 Å². The minimum atomic E-state index is -0.0640. The lowest BCUT2D eigenvalue weighted by atomic mass is 10.1. The smallest absolute Gasteiger partial charge is 0.251 e. The molecule has 2 heterocycles. The topological polar surface area (TPSA) is 59.8 Å². The molecule has 3 aromatic carbocycles. The van der Waals surface area contributed by atoms with Crippen LogP contribution in [0.15, 0.2) is 102 Å². The second-order valence-electron chi connectivity index (χ2n) is 8.67. The molecule has 0 saturated carbocycles. The van der Waals surface area contributed by atoms with E-state index in [4.69, 9.17) is 4.98 Å². The van der Waals surface area contributed by atoms with E-state index >= 15 is 0 Å². The zero-order chi connectivity index (χ0) is 24.7. The lowest BCUT2D eigenvalue weighted by molar-refractivity contribution is 0.0951. The number of thioether (sulfide) groups is 1. The number of pyridine rings is 1. The second-order valence-corrected chi connectivity index (χ2v) is 9.61. The molecule has 0 bridgehead atoms. The van der Waals surface area contributed by atoms with Crippen molar-refractivity contribution in [3.8, 4) is 0 Å². The molecule has 0 spiro atoms. The Morgan fingerprint density at radius 2 is 1.58 bits per heavy atom. The number of benzene rings is 3. The Kier molecular flexibility index (Phi) is 7.43. The monoisotopic (exact) mass is 492 g/mol. The molecule has 5 nitrogen and oxygen atoms in total. The van der Waals surface area contributed by atoms with Crippen LogP contribution in [0.3, 0.4) is 0 Å². The quantitative estimate of drug-likeness (QED) is 0.247. The van der Waals surface area contributed by atoms with Gasteiger partial charge in [-0.1, -0.05) is 85.4 Å². The van der Waals surface area contributed by atoms with E-state index in [0.29, 0.717) is 12.1 Å². The maximum absolute atomic E-state index is 12.6. The average molecular weight is 493 g/mol. The van der Waals surface area contributed by atoms with Crippen molar-refractivity contribution in [2.45, 2.75) is 37.3 Å². The number of imidazole rings is 1. The van der Waals surface area contributed by atoms with Gasteiger partial charge in [-0.3, -0.25) is 9.78 Å². The van der Waals surface area contributed by atoms with Crippen molar-refractivity contribution in [3.05, 3.63) is 125 Å². The molecule has 1 amide bonds. The molecule has 0 saturated heterocycles. The Balaban J connectivity index is 1.23. The second kappa shape index (κ2) is 11.2. The van der Waals surface area contributed by atoms with E-state index in [0.717, 1.165) is 46.0 Å². The summed E-state index contributed by atoms with van der Waals surface area (Å²) >= 11 is 1.69. The summed E-state index contributed by atoms with van der Waals surface area (Å²) in [6.45, 7) is 3.40. The van der Waals surface area contributed by atoms with E-state index in [1.54, 1.807) is 18.0 Å². The Hall–Kier alpha value is -3.90. The summed E-state index contributed by atoms with van der Waals surface area (Å²) in [5, 5.41) is 3.97. The number of nitrogens with one attached hydrogen (secondary N) is 1. The van der Waals surface area contributed by atoms with Gasteiger partial charge in [0, 0.05) is 24.1 Å². The van der Waals surface area contributed by atoms with Crippen LogP contribution in [0, 0.1) is 0 Å². The molecule has 5 aromatic rings.